The van der Waals surface area contributed by atoms with Crippen molar-refractivity contribution < 1.29 is 8.42 Å². The average Bonchev–Trinajstić information content (AvgIpc) is 2.47. The highest BCUT2D eigenvalue weighted by molar-refractivity contribution is 7.92. The first-order chi connectivity index (χ1) is 9.46. The van der Waals surface area contributed by atoms with Gasteiger partial charge in [-0.1, -0.05) is 37.3 Å². The molecule has 20 heavy (non-hydrogen) atoms. The van der Waals surface area contributed by atoms with Gasteiger partial charge in [0.2, 0.25) is 0 Å². The standard InChI is InChI=1S/C14H17N3O2S/c1-3-10(2)20(18,19)12-9-16-14(15)13(17-12)11-7-5-4-6-8-11/h4-10H,3H2,1-2H3,(H2,15,16). The van der Waals surface area contributed by atoms with E-state index in [2.05, 4.69) is 9.97 Å². The van der Waals surface area contributed by atoms with Crippen molar-refractivity contribution in [1.29, 1.82) is 0 Å². The van der Waals surface area contributed by atoms with E-state index in [4.69, 9.17) is 5.73 Å². The van der Waals surface area contributed by atoms with Crippen LogP contribution in [0.5, 0.6) is 0 Å². The number of nitrogens with zero attached hydrogens (tertiary/aromatic N) is 2. The number of benzene rings is 1. The number of aromatic nitrogens is 2. The Balaban J connectivity index is 2.56. The summed E-state index contributed by atoms with van der Waals surface area (Å²) in [5.74, 6) is 0.222. The Kier molecular flexibility index (Phi) is 4.04. The maximum Gasteiger partial charge on any atom is 0.199 e. The van der Waals surface area contributed by atoms with E-state index >= 15 is 0 Å². The molecule has 2 aromatic rings. The van der Waals surface area contributed by atoms with Crippen LogP contribution in [0, 0.1) is 0 Å². The van der Waals surface area contributed by atoms with Crippen molar-refractivity contribution in [2.45, 2.75) is 30.5 Å². The van der Waals surface area contributed by atoms with Crippen molar-refractivity contribution in [2.75, 3.05) is 5.73 Å². The second-order valence-corrected chi connectivity index (χ2v) is 6.89. The third-order valence-corrected chi connectivity index (χ3v) is 5.39. The molecule has 1 aromatic heterocycles. The van der Waals surface area contributed by atoms with Crippen LogP contribution in [0.15, 0.2) is 41.6 Å². The van der Waals surface area contributed by atoms with Crippen molar-refractivity contribution in [3.8, 4) is 11.3 Å². The highest BCUT2D eigenvalue weighted by atomic mass is 32.2. The summed E-state index contributed by atoms with van der Waals surface area (Å²) < 4.78 is 24.6. The highest BCUT2D eigenvalue weighted by Crippen LogP contribution is 2.24. The molecular weight excluding hydrogens is 274 g/mol. The van der Waals surface area contributed by atoms with Crippen LogP contribution >= 0.6 is 0 Å². The van der Waals surface area contributed by atoms with Gasteiger partial charge in [0.05, 0.1) is 11.4 Å². The molecule has 1 unspecified atom stereocenters. The average molecular weight is 291 g/mol. The number of hydrogen-bond acceptors (Lipinski definition) is 5. The normalized spacial score (nSPS) is 13.1. The van der Waals surface area contributed by atoms with E-state index in [0.29, 0.717) is 12.1 Å². The molecule has 6 heteroatoms. The zero-order chi connectivity index (χ0) is 14.8. The van der Waals surface area contributed by atoms with Gasteiger partial charge in [0.1, 0.15) is 11.5 Å². The Morgan fingerprint density at radius 3 is 2.50 bits per heavy atom. The first-order valence-electron chi connectivity index (χ1n) is 6.38. The molecule has 5 nitrogen and oxygen atoms in total. The summed E-state index contributed by atoms with van der Waals surface area (Å²) in [5.41, 5.74) is 6.95. The summed E-state index contributed by atoms with van der Waals surface area (Å²) in [6.07, 6.45) is 1.75. The molecule has 0 aliphatic heterocycles. The van der Waals surface area contributed by atoms with Gasteiger partial charge in [0.25, 0.3) is 0 Å². The summed E-state index contributed by atoms with van der Waals surface area (Å²) in [4.78, 5) is 8.18. The van der Waals surface area contributed by atoms with Crippen LogP contribution in [0.25, 0.3) is 11.3 Å². The molecule has 0 saturated carbocycles. The molecule has 0 fully saturated rings. The summed E-state index contributed by atoms with van der Waals surface area (Å²) in [6.45, 7) is 3.49. The van der Waals surface area contributed by atoms with Crippen LogP contribution in [0.4, 0.5) is 5.82 Å². The lowest BCUT2D eigenvalue weighted by atomic mass is 10.1. The number of rotatable bonds is 4. The molecule has 106 valence electrons. The highest BCUT2D eigenvalue weighted by Gasteiger charge is 2.24. The summed E-state index contributed by atoms with van der Waals surface area (Å²) >= 11 is 0. The van der Waals surface area contributed by atoms with Crippen LogP contribution in [-0.4, -0.2) is 23.6 Å². The maximum atomic E-state index is 12.3. The third kappa shape index (κ3) is 2.65. The largest absolute Gasteiger partial charge is 0.382 e. The van der Waals surface area contributed by atoms with E-state index < -0.39 is 15.1 Å². The zero-order valence-electron chi connectivity index (χ0n) is 11.4. The molecule has 0 amide bonds. The van der Waals surface area contributed by atoms with Gasteiger partial charge < -0.3 is 5.73 Å². The molecule has 0 saturated heterocycles. The van der Waals surface area contributed by atoms with Gasteiger partial charge >= 0.3 is 0 Å². The lowest BCUT2D eigenvalue weighted by Gasteiger charge is -2.11. The van der Waals surface area contributed by atoms with E-state index in [0.717, 1.165) is 5.56 Å². The number of sulfone groups is 1. The van der Waals surface area contributed by atoms with Crippen LogP contribution < -0.4 is 5.73 Å². The Morgan fingerprint density at radius 2 is 1.90 bits per heavy atom. The molecule has 0 spiro atoms. The van der Waals surface area contributed by atoms with Crippen LogP contribution in [0.2, 0.25) is 0 Å². The van der Waals surface area contributed by atoms with Crippen molar-refractivity contribution in [3.05, 3.63) is 36.5 Å². The quantitative estimate of drug-likeness (QED) is 0.934. The number of nitrogens with two attached hydrogens (primary N) is 1. The van der Waals surface area contributed by atoms with Crippen molar-refractivity contribution in [1.82, 2.24) is 9.97 Å². The van der Waals surface area contributed by atoms with Crippen molar-refractivity contribution in [3.63, 3.8) is 0 Å². The first kappa shape index (κ1) is 14.5. The lowest BCUT2D eigenvalue weighted by Crippen LogP contribution is -2.19. The van der Waals surface area contributed by atoms with Gasteiger partial charge in [-0.25, -0.2) is 18.4 Å². The van der Waals surface area contributed by atoms with Gasteiger partial charge in [-0.05, 0) is 13.3 Å². The predicted molar refractivity (Wildman–Crippen MR) is 78.8 cm³/mol. The molecule has 2 N–H and O–H groups in total. The Labute approximate surface area is 118 Å². The van der Waals surface area contributed by atoms with E-state index in [-0.39, 0.29) is 10.8 Å². The molecule has 2 rings (SSSR count). The second kappa shape index (κ2) is 5.58. The molecule has 1 heterocycles. The van der Waals surface area contributed by atoms with Crippen molar-refractivity contribution in [2.24, 2.45) is 0 Å². The Bertz CT molecular complexity index is 700. The first-order valence-corrected chi connectivity index (χ1v) is 7.93. The minimum Gasteiger partial charge on any atom is -0.382 e. The number of nitrogen functional groups attached to an aromatic ring is 1. The third-order valence-electron chi connectivity index (χ3n) is 3.22. The van der Waals surface area contributed by atoms with Gasteiger partial charge in [-0.2, -0.15) is 0 Å². The maximum absolute atomic E-state index is 12.3. The molecule has 0 aliphatic carbocycles. The van der Waals surface area contributed by atoms with Gasteiger partial charge in [-0.3, -0.25) is 0 Å². The molecular formula is C14H17N3O2S. The van der Waals surface area contributed by atoms with Crippen LogP contribution in [0.1, 0.15) is 20.3 Å². The SMILES string of the molecule is CCC(C)S(=O)(=O)c1cnc(N)c(-c2ccccc2)n1. The van der Waals surface area contributed by atoms with Crippen LogP contribution in [-0.2, 0) is 9.84 Å². The Morgan fingerprint density at radius 1 is 1.25 bits per heavy atom. The summed E-state index contributed by atoms with van der Waals surface area (Å²) in [6, 6.07) is 9.19. The minimum atomic E-state index is -3.47. The van der Waals surface area contributed by atoms with Gasteiger partial charge in [0, 0.05) is 5.56 Å². The lowest BCUT2D eigenvalue weighted by molar-refractivity contribution is 0.576. The molecule has 1 atom stereocenters. The monoisotopic (exact) mass is 291 g/mol. The van der Waals surface area contributed by atoms with E-state index in [9.17, 15) is 8.42 Å². The Hall–Kier alpha value is -1.95. The topological polar surface area (TPSA) is 85.9 Å². The van der Waals surface area contributed by atoms with Crippen LogP contribution in [0.3, 0.4) is 0 Å². The zero-order valence-corrected chi connectivity index (χ0v) is 12.3. The second-order valence-electron chi connectivity index (χ2n) is 4.57. The molecule has 0 radical (unpaired) electrons. The van der Waals surface area contributed by atoms with E-state index in [1.807, 2.05) is 37.3 Å². The summed E-state index contributed by atoms with van der Waals surface area (Å²) in [7, 11) is -3.47. The number of hydrogen-bond donors (Lipinski definition) is 1. The van der Waals surface area contributed by atoms with Gasteiger partial charge in [0.15, 0.2) is 14.9 Å². The summed E-state index contributed by atoms with van der Waals surface area (Å²) in [5, 5.41) is -0.524. The number of anilines is 1. The van der Waals surface area contributed by atoms with E-state index in [1.54, 1.807) is 6.92 Å². The smallest absolute Gasteiger partial charge is 0.199 e. The fraction of sp³-hybridized carbons (Fsp3) is 0.286. The van der Waals surface area contributed by atoms with E-state index in [1.165, 1.54) is 6.20 Å². The fourth-order valence-corrected chi connectivity index (χ4v) is 3.02. The molecule has 1 aromatic carbocycles. The van der Waals surface area contributed by atoms with Gasteiger partial charge in [-0.15, -0.1) is 0 Å². The van der Waals surface area contributed by atoms with Crippen molar-refractivity contribution >= 4 is 15.7 Å². The fourth-order valence-electron chi connectivity index (χ4n) is 1.75. The minimum absolute atomic E-state index is 0.0279. The predicted octanol–water partition coefficient (Wildman–Crippen LogP) is 2.30. The molecule has 0 aliphatic rings. The molecule has 0 bridgehead atoms.